The fourth-order valence-corrected chi connectivity index (χ4v) is 4.03. The molecule has 4 aromatic rings. The largest absolute Gasteiger partial charge is 0.497 e. The standard InChI is InChI=1S/C27H24N2O7/c1-31-17-7-9-21(32-2)20(12-17)29-26(10-6-16-5-8-22-25(11-16)36-15-35-22)28-19-14-24(34-4)23(33-3)13-18(19)27(29)30/h5-14H,15H2,1-4H3. The second-order valence-corrected chi connectivity index (χ2v) is 7.82. The molecule has 0 atom stereocenters. The van der Waals surface area contributed by atoms with Crippen molar-refractivity contribution in [2.75, 3.05) is 35.2 Å². The zero-order valence-corrected chi connectivity index (χ0v) is 20.2. The maximum atomic E-state index is 13.9. The van der Waals surface area contributed by atoms with E-state index in [4.69, 9.17) is 33.4 Å². The van der Waals surface area contributed by atoms with Crippen LogP contribution in [0.5, 0.6) is 34.5 Å². The number of fused-ring (bicyclic) bond motifs is 2. The molecule has 1 aromatic heterocycles. The van der Waals surface area contributed by atoms with Crippen molar-refractivity contribution < 1.29 is 28.4 Å². The molecule has 1 aliphatic rings. The van der Waals surface area contributed by atoms with Crippen LogP contribution >= 0.6 is 0 Å². The lowest BCUT2D eigenvalue weighted by Gasteiger charge is -2.16. The van der Waals surface area contributed by atoms with Gasteiger partial charge in [0.2, 0.25) is 6.79 Å². The Balaban J connectivity index is 1.76. The first-order chi connectivity index (χ1) is 17.6. The van der Waals surface area contributed by atoms with Crippen molar-refractivity contribution in [3.05, 3.63) is 70.3 Å². The summed E-state index contributed by atoms with van der Waals surface area (Å²) in [6.07, 6.45) is 3.60. The van der Waals surface area contributed by atoms with Crippen molar-refractivity contribution in [2.24, 2.45) is 0 Å². The van der Waals surface area contributed by atoms with Crippen molar-refractivity contribution in [2.45, 2.75) is 0 Å². The summed E-state index contributed by atoms with van der Waals surface area (Å²) in [5, 5.41) is 0.359. The van der Waals surface area contributed by atoms with Crippen LogP contribution in [0.1, 0.15) is 11.4 Å². The van der Waals surface area contributed by atoms with E-state index in [2.05, 4.69) is 0 Å². The van der Waals surface area contributed by atoms with Crippen LogP contribution < -0.4 is 34.0 Å². The van der Waals surface area contributed by atoms with Gasteiger partial charge in [0.15, 0.2) is 23.0 Å². The van der Waals surface area contributed by atoms with E-state index < -0.39 is 0 Å². The highest BCUT2D eigenvalue weighted by atomic mass is 16.7. The molecule has 0 radical (unpaired) electrons. The van der Waals surface area contributed by atoms with Gasteiger partial charge < -0.3 is 28.4 Å². The van der Waals surface area contributed by atoms with Gasteiger partial charge >= 0.3 is 0 Å². The first kappa shape index (κ1) is 23.1. The molecule has 0 aliphatic carbocycles. The molecular weight excluding hydrogens is 464 g/mol. The van der Waals surface area contributed by atoms with Gasteiger partial charge in [-0.1, -0.05) is 12.1 Å². The van der Waals surface area contributed by atoms with E-state index in [-0.39, 0.29) is 12.4 Å². The van der Waals surface area contributed by atoms with E-state index in [1.807, 2.05) is 24.3 Å². The van der Waals surface area contributed by atoms with Gasteiger partial charge in [-0.2, -0.15) is 0 Å². The molecule has 0 bridgehead atoms. The highest BCUT2D eigenvalue weighted by molar-refractivity contribution is 5.84. The summed E-state index contributed by atoms with van der Waals surface area (Å²) in [7, 11) is 6.15. The first-order valence-electron chi connectivity index (χ1n) is 11.0. The van der Waals surface area contributed by atoms with Crippen molar-refractivity contribution in [1.82, 2.24) is 9.55 Å². The monoisotopic (exact) mass is 488 g/mol. The molecular formula is C27H24N2O7. The van der Waals surface area contributed by atoms with Gasteiger partial charge in [-0.15, -0.1) is 0 Å². The SMILES string of the molecule is COc1ccc(OC)c(-n2c(C=Cc3ccc4c(c3)OCO4)nc3cc(OC)c(OC)cc3c2=O)c1. The van der Waals surface area contributed by atoms with Crippen LogP contribution in [-0.2, 0) is 0 Å². The van der Waals surface area contributed by atoms with Gasteiger partial charge in [0.25, 0.3) is 5.56 Å². The zero-order valence-electron chi connectivity index (χ0n) is 20.2. The third-order valence-corrected chi connectivity index (χ3v) is 5.85. The highest BCUT2D eigenvalue weighted by Crippen LogP contribution is 2.34. The summed E-state index contributed by atoms with van der Waals surface area (Å²) in [6, 6.07) is 14.1. The van der Waals surface area contributed by atoms with Crippen LogP contribution in [-0.4, -0.2) is 44.8 Å². The summed E-state index contributed by atoms with van der Waals surface area (Å²) in [4.78, 5) is 18.7. The predicted molar refractivity (Wildman–Crippen MR) is 135 cm³/mol. The predicted octanol–water partition coefficient (Wildman–Crippen LogP) is 4.32. The highest BCUT2D eigenvalue weighted by Gasteiger charge is 2.19. The number of benzene rings is 3. The molecule has 0 saturated carbocycles. The molecule has 9 heteroatoms. The van der Waals surface area contributed by atoms with Crippen LogP contribution in [0.2, 0.25) is 0 Å². The average molecular weight is 488 g/mol. The van der Waals surface area contributed by atoms with E-state index in [0.717, 1.165) is 5.56 Å². The summed E-state index contributed by atoms with van der Waals surface area (Å²) < 4.78 is 34.2. The molecule has 0 spiro atoms. The maximum absolute atomic E-state index is 13.9. The number of rotatable bonds is 7. The van der Waals surface area contributed by atoms with Crippen molar-refractivity contribution in [3.8, 4) is 40.2 Å². The summed E-state index contributed by atoms with van der Waals surface area (Å²) in [5.41, 5.74) is 1.49. The van der Waals surface area contributed by atoms with Gasteiger partial charge in [0.1, 0.15) is 17.3 Å². The lowest BCUT2D eigenvalue weighted by Crippen LogP contribution is -2.23. The molecule has 0 N–H and O–H groups in total. The molecule has 184 valence electrons. The van der Waals surface area contributed by atoms with Gasteiger partial charge in [0, 0.05) is 12.1 Å². The second-order valence-electron chi connectivity index (χ2n) is 7.82. The first-order valence-corrected chi connectivity index (χ1v) is 11.0. The molecule has 0 unspecified atom stereocenters. The Morgan fingerprint density at radius 3 is 2.31 bits per heavy atom. The van der Waals surface area contributed by atoms with Crippen LogP contribution in [0, 0.1) is 0 Å². The number of aromatic nitrogens is 2. The minimum atomic E-state index is -0.308. The summed E-state index contributed by atoms with van der Waals surface area (Å²) in [6.45, 7) is 0.190. The second kappa shape index (κ2) is 9.53. The Bertz CT molecular complexity index is 1540. The van der Waals surface area contributed by atoms with E-state index >= 15 is 0 Å². The summed E-state index contributed by atoms with van der Waals surface area (Å²) in [5.74, 6) is 3.68. The number of hydrogen-bond acceptors (Lipinski definition) is 8. The quantitative estimate of drug-likeness (QED) is 0.380. The fourth-order valence-electron chi connectivity index (χ4n) is 4.03. The van der Waals surface area contributed by atoms with Gasteiger partial charge in [0.05, 0.1) is 45.0 Å². The molecule has 2 heterocycles. The Labute approximate surface area is 207 Å². The Morgan fingerprint density at radius 2 is 1.56 bits per heavy atom. The minimum absolute atomic E-state index is 0.190. The summed E-state index contributed by atoms with van der Waals surface area (Å²) >= 11 is 0. The van der Waals surface area contributed by atoms with E-state index in [9.17, 15) is 4.79 Å². The normalized spacial score (nSPS) is 12.2. The Kier molecular flexibility index (Phi) is 6.12. The van der Waals surface area contributed by atoms with E-state index in [0.29, 0.717) is 56.9 Å². The lowest BCUT2D eigenvalue weighted by atomic mass is 10.1. The van der Waals surface area contributed by atoms with Gasteiger partial charge in [-0.3, -0.25) is 9.36 Å². The lowest BCUT2D eigenvalue weighted by molar-refractivity contribution is 0.174. The van der Waals surface area contributed by atoms with Crippen LogP contribution in [0.4, 0.5) is 0 Å². The Hall–Kier alpha value is -4.66. The zero-order chi connectivity index (χ0) is 25.2. The topological polar surface area (TPSA) is 90.3 Å². The molecule has 0 amide bonds. The smallest absolute Gasteiger partial charge is 0.266 e. The number of ether oxygens (including phenoxy) is 6. The number of nitrogens with zero attached hydrogens (tertiary/aromatic N) is 2. The molecule has 36 heavy (non-hydrogen) atoms. The molecule has 0 fully saturated rings. The van der Waals surface area contributed by atoms with Crippen LogP contribution in [0.15, 0.2) is 53.3 Å². The molecule has 1 aliphatic heterocycles. The number of methoxy groups -OCH3 is 4. The molecule has 3 aromatic carbocycles. The fraction of sp³-hybridized carbons (Fsp3) is 0.185. The van der Waals surface area contributed by atoms with Gasteiger partial charge in [-0.05, 0) is 42.0 Å². The Morgan fingerprint density at radius 1 is 0.806 bits per heavy atom. The van der Waals surface area contributed by atoms with Crippen molar-refractivity contribution in [3.63, 3.8) is 0 Å². The van der Waals surface area contributed by atoms with Crippen LogP contribution in [0.3, 0.4) is 0 Å². The van der Waals surface area contributed by atoms with Gasteiger partial charge in [-0.25, -0.2) is 4.98 Å². The third kappa shape index (κ3) is 4.04. The van der Waals surface area contributed by atoms with E-state index in [1.54, 1.807) is 50.6 Å². The third-order valence-electron chi connectivity index (χ3n) is 5.85. The minimum Gasteiger partial charge on any atom is -0.497 e. The molecule has 9 nitrogen and oxygen atoms in total. The molecule has 0 saturated heterocycles. The number of hydrogen-bond donors (Lipinski definition) is 0. The van der Waals surface area contributed by atoms with Crippen molar-refractivity contribution in [1.29, 1.82) is 0 Å². The van der Waals surface area contributed by atoms with Crippen LogP contribution in [0.25, 0.3) is 28.7 Å². The molecule has 5 rings (SSSR count). The maximum Gasteiger partial charge on any atom is 0.266 e. The van der Waals surface area contributed by atoms with E-state index in [1.165, 1.54) is 18.8 Å². The van der Waals surface area contributed by atoms with Crippen molar-refractivity contribution >= 4 is 23.1 Å². The average Bonchev–Trinajstić information content (AvgIpc) is 3.39.